The zero-order valence-electron chi connectivity index (χ0n) is 21.5. The molecule has 3 N–H and O–H groups in total. The predicted molar refractivity (Wildman–Crippen MR) is 132 cm³/mol. The lowest BCUT2D eigenvalue weighted by Crippen LogP contribution is -2.54. The van der Waals surface area contributed by atoms with Crippen molar-refractivity contribution in [2.24, 2.45) is 5.92 Å². The lowest BCUT2D eigenvalue weighted by Gasteiger charge is -2.26. The Labute approximate surface area is 218 Å². The van der Waals surface area contributed by atoms with Crippen LogP contribution in [0.1, 0.15) is 42.7 Å². The van der Waals surface area contributed by atoms with Crippen LogP contribution in [0.2, 0.25) is 0 Å². The summed E-state index contributed by atoms with van der Waals surface area (Å²) in [5.41, 5.74) is 0.434. The number of Topliss-reactive ketones (excluding diaryl/α,β-unsaturated/α-hetero) is 1. The van der Waals surface area contributed by atoms with Gasteiger partial charge in [-0.15, -0.1) is 0 Å². The van der Waals surface area contributed by atoms with Gasteiger partial charge in [-0.3, -0.25) is 19.2 Å². The van der Waals surface area contributed by atoms with Crippen molar-refractivity contribution in [1.29, 1.82) is 0 Å². The van der Waals surface area contributed by atoms with Crippen LogP contribution in [0, 0.1) is 5.92 Å². The van der Waals surface area contributed by atoms with Crippen molar-refractivity contribution in [1.82, 2.24) is 16.0 Å². The number of rotatable bonds is 11. The molecule has 0 fully saturated rings. The number of alkyl halides is 3. The first-order chi connectivity index (χ1) is 17.8. The second-order valence-electron chi connectivity index (χ2n) is 8.73. The number of carbonyl (C=O) groups is 4. The van der Waals surface area contributed by atoms with Gasteiger partial charge in [0.05, 0.1) is 20.3 Å². The normalized spacial score (nSPS) is 13.6. The standard InChI is InChI=1S/C26H30F3N3O6/c1-14(2)20(22(33)26(27,28)29)31-25(36)21(16-9-11-18(37-4)12-10-16)32-23(34)15(3)30-24(35)17-7-6-8-19(13-17)38-5/h6-15,20-21H,1-5H3,(H,30,35)(H,31,36)(H,32,34)/t15-,20-,21-/m0/s1. The van der Waals surface area contributed by atoms with Crippen molar-refractivity contribution >= 4 is 23.5 Å². The number of halogens is 3. The molecule has 3 atom stereocenters. The third kappa shape index (κ3) is 7.95. The van der Waals surface area contributed by atoms with Crippen LogP contribution in [0.5, 0.6) is 11.5 Å². The lowest BCUT2D eigenvalue weighted by molar-refractivity contribution is -0.175. The first-order valence-corrected chi connectivity index (χ1v) is 11.6. The molecule has 12 heteroatoms. The van der Waals surface area contributed by atoms with E-state index in [0.29, 0.717) is 11.5 Å². The highest BCUT2D eigenvalue weighted by Crippen LogP contribution is 2.23. The Balaban J connectivity index is 2.27. The van der Waals surface area contributed by atoms with Crippen LogP contribution in [0.15, 0.2) is 48.5 Å². The molecule has 0 radical (unpaired) electrons. The van der Waals surface area contributed by atoms with Crippen molar-refractivity contribution in [3.05, 3.63) is 59.7 Å². The largest absolute Gasteiger partial charge is 0.497 e. The van der Waals surface area contributed by atoms with Gasteiger partial charge >= 0.3 is 6.18 Å². The molecule has 38 heavy (non-hydrogen) atoms. The Bertz CT molecular complexity index is 1150. The quantitative estimate of drug-likeness (QED) is 0.405. The highest BCUT2D eigenvalue weighted by molar-refractivity contribution is 5.99. The molecule has 2 aromatic rings. The molecule has 0 aliphatic carbocycles. The van der Waals surface area contributed by atoms with Gasteiger partial charge < -0.3 is 25.4 Å². The summed E-state index contributed by atoms with van der Waals surface area (Å²) in [7, 11) is 2.85. The fraction of sp³-hybridized carbons (Fsp3) is 0.385. The van der Waals surface area contributed by atoms with Crippen LogP contribution in [0.25, 0.3) is 0 Å². The molecular formula is C26H30F3N3O6. The Morgan fingerprint density at radius 2 is 1.39 bits per heavy atom. The second kappa shape index (κ2) is 12.9. The highest BCUT2D eigenvalue weighted by atomic mass is 19.4. The molecule has 0 heterocycles. The van der Waals surface area contributed by atoms with E-state index < -0.39 is 53.7 Å². The summed E-state index contributed by atoms with van der Waals surface area (Å²) >= 11 is 0. The van der Waals surface area contributed by atoms with Crippen molar-refractivity contribution in [2.75, 3.05) is 14.2 Å². The van der Waals surface area contributed by atoms with Crippen LogP contribution in [0.3, 0.4) is 0 Å². The summed E-state index contributed by atoms with van der Waals surface area (Å²) in [4.78, 5) is 50.6. The van der Waals surface area contributed by atoms with Gasteiger partial charge in [-0.2, -0.15) is 13.2 Å². The van der Waals surface area contributed by atoms with Gasteiger partial charge in [0, 0.05) is 5.56 Å². The molecule has 0 aromatic heterocycles. The molecule has 3 amide bonds. The number of carbonyl (C=O) groups excluding carboxylic acids is 4. The highest BCUT2D eigenvalue weighted by Gasteiger charge is 2.45. The summed E-state index contributed by atoms with van der Waals surface area (Å²) in [6, 6.07) is 7.61. The molecule has 0 bridgehead atoms. The number of hydrogen-bond donors (Lipinski definition) is 3. The second-order valence-corrected chi connectivity index (χ2v) is 8.73. The number of nitrogens with one attached hydrogen (secondary N) is 3. The Morgan fingerprint density at radius 1 is 0.789 bits per heavy atom. The molecule has 0 unspecified atom stereocenters. The number of hydrogen-bond acceptors (Lipinski definition) is 6. The van der Waals surface area contributed by atoms with Crippen molar-refractivity contribution in [3.63, 3.8) is 0 Å². The third-order valence-corrected chi connectivity index (χ3v) is 5.60. The van der Waals surface area contributed by atoms with Gasteiger partial charge in [-0.1, -0.05) is 32.0 Å². The molecule has 2 aromatic carbocycles. The maximum Gasteiger partial charge on any atom is 0.452 e. The van der Waals surface area contributed by atoms with Gasteiger partial charge in [0.25, 0.3) is 11.7 Å². The van der Waals surface area contributed by atoms with E-state index in [1.807, 2.05) is 0 Å². The summed E-state index contributed by atoms with van der Waals surface area (Å²) < 4.78 is 49.5. The van der Waals surface area contributed by atoms with E-state index in [9.17, 15) is 32.3 Å². The Morgan fingerprint density at radius 3 is 1.92 bits per heavy atom. The summed E-state index contributed by atoms with van der Waals surface area (Å²) in [6.45, 7) is 4.08. The first-order valence-electron chi connectivity index (χ1n) is 11.6. The summed E-state index contributed by atoms with van der Waals surface area (Å²) in [5, 5.41) is 7.06. The molecule has 0 saturated carbocycles. The molecule has 0 spiro atoms. The van der Waals surface area contributed by atoms with E-state index in [1.165, 1.54) is 71.4 Å². The van der Waals surface area contributed by atoms with E-state index in [-0.39, 0.29) is 11.1 Å². The first kappa shape index (κ1) is 30.1. The lowest BCUT2D eigenvalue weighted by atomic mass is 9.97. The molecular weight excluding hydrogens is 507 g/mol. The number of ketones is 1. The number of benzene rings is 2. The van der Waals surface area contributed by atoms with E-state index >= 15 is 0 Å². The van der Waals surface area contributed by atoms with Crippen molar-refractivity contribution in [3.8, 4) is 11.5 Å². The van der Waals surface area contributed by atoms with Gasteiger partial charge in [0.15, 0.2) is 0 Å². The van der Waals surface area contributed by atoms with Crippen LogP contribution in [-0.2, 0) is 14.4 Å². The fourth-order valence-electron chi connectivity index (χ4n) is 3.42. The van der Waals surface area contributed by atoms with E-state index in [1.54, 1.807) is 12.1 Å². The Kier molecular flexibility index (Phi) is 10.3. The topological polar surface area (TPSA) is 123 Å². The smallest absolute Gasteiger partial charge is 0.452 e. The summed E-state index contributed by atoms with van der Waals surface area (Å²) in [5.74, 6) is -4.55. The zero-order chi connectivity index (χ0) is 28.6. The van der Waals surface area contributed by atoms with Crippen LogP contribution >= 0.6 is 0 Å². The Hall–Kier alpha value is -4.09. The van der Waals surface area contributed by atoms with Crippen LogP contribution in [-0.4, -0.2) is 56.0 Å². The van der Waals surface area contributed by atoms with Gasteiger partial charge in [-0.25, -0.2) is 0 Å². The maximum atomic E-state index is 13.1. The van der Waals surface area contributed by atoms with Crippen molar-refractivity contribution < 1.29 is 41.8 Å². The summed E-state index contributed by atoms with van der Waals surface area (Å²) in [6.07, 6.45) is -5.17. The fourth-order valence-corrected chi connectivity index (χ4v) is 3.42. The van der Waals surface area contributed by atoms with Crippen LogP contribution < -0.4 is 25.4 Å². The molecule has 9 nitrogen and oxygen atoms in total. The average molecular weight is 538 g/mol. The van der Waals surface area contributed by atoms with E-state index in [4.69, 9.17) is 9.47 Å². The monoisotopic (exact) mass is 537 g/mol. The maximum absolute atomic E-state index is 13.1. The number of ether oxygens (including phenoxy) is 2. The molecule has 2 rings (SSSR count). The number of methoxy groups -OCH3 is 2. The van der Waals surface area contributed by atoms with Gasteiger partial charge in [0.1, 0.15) is 23.6 Å². The molecule has 0 saturated heterocycles. The molecule has 206 valence electrons. The van der Waals surface area contributed by atoms with Gasteiger partial charge in [0.2, 0.25) is 11.8 Å². The number of amides is 3. The van der Waals surface area contributed by atoms with E-state index in [0.717, 1.165) is 0 Å². The SMILES string of the molecule is COc1ccc([C@H](NC(=O)[C@H](C)NC(=O)c2cccc(OC)c2)C(=O)N[C@H](C(=O)C(F)(F)F)C(C)C)cc1. The van der Waals surface area contributed by atoms with Gasteiger partial charge in [-0.05, 0) is 48.7 Å². The third-order valence-electron chi connectivity index (χ3n) is 5.60. The minimum atomic E-state index is -5.17. The predicted octanol–water partition coefficient (Wildman–Crippen LogP) is 2.95. The molecule has 0 aliphatic heterocycles. The minimum Gasteiger partial charge on any atom is -0.497 e. The zero-order valence-corrected chi connectivity index (χ0v) is 21.5. The minimum absolute atomic E-state index is 0.213. The van der Waals surface area contributed by atoms with Crippen molar-refractivity contribution in [2.45, 2.75) is 45.1 Å². The van der Waals surface area contributed by atoms with Crippen LogP contribution in [0.4, 0.5) is 13.2 Å². The average Bonchev–Trinajstić information content (AvgIpc) is 2.88. The van der Waals surface area contributed by atoms with E-state index in [2.05, 4.69) is 16.0 Å². The molecule has 0 aliphatic rings.